The first-order valence-electron chi connectivity index (χ1n) is 13.1. The van der Waals surface area contributed by atoms with Crippen LogP contribution in [0.1, 0.15) is 77.4 Å². The number of alkyl halides is 3. The van der Waals surface area contributed by atoms with Gasteiger partial charge in [0.15, 0.2) is 9.84 Å². The predicted octanol–water partition coefficient (Wildman–Crippen LogP) is 5.63. The number of halogens is 3. The molecule has 1 amide bonds. The Balaban J connectivity index is 1.47. The number of rotatable bonds is 9. The Morgan fingerprint density at radius 1 is 1.15 bits per heavy atom. The van der Waals surface area contributed by atoms with Crippen molar-refractivity contribution in [2.24, 2.45) is 5.92 Å². The van der Waals surface area contributed by atoms with E-state index in [1.807, 2.05) is 6.07 Å². The molecule has 1 aliphatic rings. The third-order valence-electron chi connectivity index (χ3n) is 7.00. The van der Waals surface area contributed by atoms with Crippen LogP contribution in [-0.4, -0.2) is 34.9 Å². The van der Waals surface area contributed by atoms with Gasteiger partial charge in [-0.25, -0.2) is 8.42 Å². The number of aromatic nitrogens is 2. The van der Waals surface area contributed by atoms with Crippen LogP contribution in [0.2, 0.25) is 0 Å². The molecular weight excluding hydrogens is 541 g/mol. The molecule has 0 fully saturated rings. The fraction of sp³-hybridized carbons (Fsp3) is 0.414. The van der Waals surface area contributed by atoms with E-state index in [9.17, 15) is 26.4 Å². The van der Waals surface area contributed by atoms with Crippen molar-refractivity contribution in [3.05, 3.63) is 88.0 Å². The average molecular weight is 575 g/mol. The van der Waals surface area contributed by atoms with Gasteiger partial charge in [0.2, 0.25) is 0 Å². The number of amides is 1. The number of pyridine rings is 2. The predicted molar refractivity (Wildman–Crippen MR) is 145 cm³/mol. The maximum Gasteiger partial charge on any atom is 0.416 e. The van der Waals surface area contributed by atoms with Crippen LogP contribution in [0.15, 0.2) is 53.6 Å². The molecule has 4 rings (SSSR count). The summed E-state index contributed by atoms with van der Waals surface area (Å²) in [4.78, 5) is 24.3. The Morgan fingerprint density at radius 2 is 1.85 bits per heavy atom. The van der Waals surface area contributed by atoms with E-state index in [0.717, 1.165) is 35.4 Å². The largest absolute Gasteiger partial charge is 0.416 e. The average Bonchev–Trinajstić information content (AvgIpc) is 3.22. The smallest absolute Gasteiger partial charge is 0.346 e. The van der Waals surface area contributed by atoms with Crippen molar-refractivity contribution in [2.75, 3.05) is 5.75 Å². The Hall–Kier alpha value is -3.31. The van der Waals surface area contributed by atoms with Crippen molar-refractivity contribution < 1.29 is 26.4 Å². The first kappa shape index (κ1) is 29.7. The van der Waals surface area contributed by atoms with Gasteiger partial charge < -0.3 is 5.32 Å². The molecule has 0 bridgehead atoms. The molecule has 0 aliphatic carbocycles. The van der Waals surface area contributed by atoms with Gasteiger partial charge in [-0.3, -0.25) is 19.7 Å². The number of benzene rings is 1. The van der Waals surface area contributed by atoms with Gasteiger partial charge >= 0.3 is 6.18 Å². The third-order valence-corrected chi connectivity index (χ3v) is 8.86. The molecule has 1 atom stereocenters. The van der Waals surface area contributed by atoms with Gasteiger partial charge in [-0.1, -0.05) is 32.9 Å². The molecule has 7 nitrogen and oxygen atoms in total. The maximum atomic E-state index is 13.0. The Kier molecular flexibility index (Phi) is 8.65. The van der Waals surface area contributed by atoms with Gasteiger partial charge in [0, 0.05) is 19.3 Å². The lowest BCUT2D eigenvalue weighted by molar-refractivity contribution is -0.137. The summed E-state index contributed by atoms with van der Waals surface area (Å²) in [6.07, 6.45) is -2.02. The Bertz CT molecular complexity index is 1490. The second-order valence-electron chi connectivity index (χ2n) is 10.5. The summed E-state index contributed by atoms with van der Waals surface area (Å²) in [5, 5.41) is 2.82. The van der Waals surface area contributed by atoms with Crippen molar-refractivity contribution in [3.63, 3.8) is 0 Å². The van der Waals surface area contributed by atoms with E-state index < -0.39 is 21.6 Å². The molecule has 1 aliphatic heterocycles. The summed E-state index contributed by atoms with van der Waals surface area (Å²) in [6, 6.07) is 10.1. The third kappa shape index (κ3) is 6.69. The van der Waals surface area contributed by atoms with Gasteiger partial charge in [0.25, 0.3) is 5.91 Å². The van der Waals surface area contributed by atoms with E-state index in [4.69, 9.17) is 0 Å². The Labute approximate surface area is 232 Å². The summed E-state index contributed by atoms with van der Waals surface area (Å²) in [6.45, 7) is 8.53. The van der Waals surface area contributed by atoms with E-state index in [1.54, 1.807) is 26.1 Å². The minimum Gasteiger partial charge on any atom is -0.346 e. The van der Waals surface area contributed by atoms with Crippen molar-refractivity contribution in [1.82, 2.24) is 20.2 Å². The van der Waals surface area contributed by atoms with Crippen molar-refractivity contribution >= 4 is 15.7 Å². The number of sulfone groups is 1. The molecule has 40 heavy (non-hydrogen) atoms. The number of hydrogen-bond donors (Lipinski definition) is 1. The standard InChI is InChI=1S/C29H33F3N4O3S/c1-5-40(38,39)26-11-10-24(35-19(26)4)15-34-28(37)21-13-22-17-36(25(12-18(2)3)27(22)33-14-21)16-20-6-8-23(9-7-20)29(30,31)32/h6-11,13-14,18,25H,5,12,15-17H2,1-4H3,(H,34,37). The number of hydrogen-bond acceptors (Lipinski definition) is 6. The molecule has 3 aromatic rings. The first-order valence-corrected chi connectivity index (χ1v) is 14.8. The van der Waals surface area contributed by atoms with E-state index in [-0.39, 0.29) is 29.1 Å². The lowest BCUT2D eigenvalue weighted by atomic mass is 9.99. The summed E-state index contributed by atoms with van der Waals surface area (Å²) < 4.78 is 63.3. The zero-order valence-electron chi connectivity index (χ0n) is 22.9. The zero-order chi connectivity index (χ0) is 29.2. The molecular formula is C29H33F3N4O3S. The van der Waals surface area contributed by atoms with E-state index in [1.165, 1.54) is 18.2 Å². The van der Waals surface area contributed by atoms with Crippen LogP contribution >= 0.6 is 0 Å². The molecule has 214 valence electrons. The van der Waals surface area contributed by atoms with E-state index >= 15 is 0 Å². The number of carbonyl (C=O) groups is 1. The molecule has 2 aromatic heterocycles. The van der Waals surface area contributed by atoms with Crippen LogP contribution in [0.3, 0.4) is 0 Å². The minimum absolute atomic E-state index is 0.0144. The van der Waals surface area contributed by atoms with Crippen molar-refractivity contribution in [3.8, 4) is 0 Å². The highest BCUT2D eigenvalue weighted by Gasteiger charge is 2.33. The van der Waals surface area contributed by atoms with Crippen LogP contribution in [0.5, 0.6) is 0 Å². The molecule has 1 N–H and O–H groups in total. The minimum atomic E-state index is -4.38. The number of nitrogens with one attached hydrogen (secondary N) is 1. The van der Waals surface area contributed by atoms with Crippen molar-refractivity contribution in [1.29, 1.82) is 0 Å². The van der Waals surface area contributed by atoms with Crippen LogP contribution in [0.25, 0.3) is 0 Å². The number of carbonyl (C=O) groups excluding carboxylic acids is 1. The van der Waals surface area contributed by atoms with Crippen LogP contribution in [-0.2, 0) is 35.6 Å². The molecule has 3 heterocycles. The normalized spacial score (nSPS) is 15.8. The summed E-state index contributed by atoms with van der Waals surface area (Å²) in [7, 11) is -3.38. The topological polar surface area (TPSA) is 92.3 Å². The van der Waals surface area contributed by atoms with Crippen LogP contribution in [0, 0.1) is 12.8 Å². The second-order valence-corrected chi connectivity index (χ2v) is 12.7. The summed E-state index contributed by atoms with van der Waals surface area (Å²) in [5.74, 6) is 0.0172. The summed E-state index contributed by atoms with van der Waals surface area (Å²) >= 11 is 0. The van der Waals surface area contributed by atoms with Crippen LogP contribution in [0.4, 0.5) is 13.2 Å². The second kappa shape index (κ2) is 11.7. The highest BCUT2D eigenvalue weighted by Crippen LogP contribution is 2.38. The molecule has 0 saturated carbocycles. The monoisotopic (exact) mass is 574 g/mol. The van der Waals surface area contributed by atoms with Gasteiger partial charge in [0.1, 0.15) is 0 Å². The van der Waals surface area contributed by atoms with Gasteiger partial charge in [0.05, 0.1) is 51.4 Å². The van der Waals surface area contributed by atoms with Gasteiger partial charge in [-0.05, 0) is 60.7 Å². The molecule has 1 aromatic carbocycles. The highest BCUT2D eigenvalue weighted by atomic mass is 32.2. The number of aryl methyl sites for hydroxylation is 1. The van der Waals surface area contributed by atoms with Crippen molar-refractivity contribution in [2.45, 2.75) is 70.9 Å². The van der Waals surface area contributed by atoms with Crippen LogP contribution < -0.4 is 5.32 Å². The SMILES string of the molecule is CCS(=O)(=O)c1ccc(CNC(=O)c2cnc3c(c2)CN(Cc2ccc(C(F)(F)F)cc2)C3CC(C)C)nc1C. The molecule has 1 unspecified atom stereocenters. The zero-order valence-corrected chi connectivity index (χ0v) is 23.7. The number of nitrogens with zero attached hydrogens (tertiary/aromatic N) is 3. The highest BCUT2D eigenvalue weighted by molar-refractivity contribution is 7.91. The maximum absolute atomic E-state index is 13.0. The lowest BCUT2D eigenvalue weighted by Crippen LogP contribution is -2.24. The molecule has 0 saturated heterocycles. The van der Waals surface area contributed by atoms with Gasteiger partial charge in [-0.15, -0.1) is 0 Å². The lowest BCUT2D eigenvalue weighted by Gasteiger charge is -2.26. The fourth-order valence-corrected chi connectivity index (χ4v) is 6.02. The fourth-order valence-electron chi connectivity index (χ4n) is 4.94. The molecule has 0 radical (unpaired) electrons. The number of fused-ring (bicyclic) bond motifs is 1. The van der Waals surface area contributed by atoms with E-state index in [0.29, 0.717) is 36.0 Å². The van der Waals surface area contributed by atoms with E-state index in [2.05, 4.69) is 34.0 Å². The molecule has 11 heteroatoms. The summed E-state index contributed by atoms with van der Waals surface area (Å²) in [5.41, 5.74) is 3.19. The van der Waals surface area contributed by atoms with Gasteiger partial charge in [-0.2, -0.15) is 13.2 Å². The Morgan fingerprint density at radius 3 is 2.45 bits per heavy atom. The molecule has 0 spiro atoms. The quantitative estimate of drug-likeness (QED) is 0.356. The first-order chi connectivity index (χ1) is 18.8.